The summed E-state index contributed by atoms with van der Waals surface area (Å²) in [6.07, 6.45) is 2.55. The SMILES string of the molecule is C[C@H](C(=O)NCc1ccco1)N(c1ccc(Cl)cc1)S(C)(=O)=O. The molecule has 2 aromatic rings. The summed E-state index contributed by atoms with van der Waals surface area (Å²) in [5.74, 6) is 0.157. The summed E-state index contributed by atoms with van der Waals surface area (Å²) in [4.78, 5) is 12.3. The Kier molecular flexibility index (Phi) is 5.33. The Bertz CT molecular complexity index is 757. The zero-order valence-corrected chi connectivity index (χ0v) is 14.3. The molecule has 0 saturated carbocycles. The largest absolute Gasteiger partial charge is 0.467 e. The lowest BCUT2D eigenvalue weighted by Crippen LogP contribution is -2.47. The van der Waals surface area contributed by atoms with Crippen LogP contribution in [-0.4, -0.2) is 26.6 Å². The highest BCUT2D eigenvalue weighted by molar-refractivity contribution is 7.92. The predicted octanol–water partition coefficient (Wildman–Crippen LogP) is 2.40. The summed E-state index contributed by atoms with van der Waals surface area (Å²) < 4.78 is 30.4. The number of rotatable bonds is 6. The molecule has 23 heavy (non-hydrogen) atoms. The van der Waals surface area contributed by atoms with E-state index in [-0.39, 0.29) is 6.54 Å². The van der Waals surface area contributed by atoms with E-state index in [0.29, 0.717) is 16.5 Å². The maximum absolute atomic E-state index is 12.3. The summed E-state index contributed by atoms with van der Waals surface area (Å²) in [5, 5.41) is 3.14. The molecule has 0 bridgehead atoms. The second-order valence-corrected chi connectivity index (χ2v) is 7.30. The van der Waals surface area contributed by atoms with Gasteiger partial charge >= 0.3 is 0 Å². The van der Waals surface area contributed by atoms with Crippen LogP contribution in [-0.2, 0) is 21.4 Å². The van der Waals surface area contributed by atoms with Crippen LogP contribution in [0.3, 0.4) is 0 Å². The zero-order valence-electron chi connectivity index (χ0n) is 12.7. The van der Waals surface area contributed by atoms with Crippen molar-refractivity contribution < 1.29 is 17.6 Å². The highest BCUT2D eigenvalue weighted by atomic mass is 35.5. The van der Waals surface area contributed by atoms with Crippen LogP contribution in [0.2, 0.25) is 5.02 Å². The fourth-order valence-electron chi connectivity index (χ4n) is 2.13. The van der Waals surface area contributed by atoms with Crippen LogP contribution in [0.15, 0.2) is 47.1 Å². The zero-order chi connectivity index (χ0) is 17.0. The molecule has 124 valence electrons. The van der Waals surface area contributed by atoms with Crippen LogP contribution < -0.4 is 9.62 Å². The van der Waals surface area contributed by atoms with Gasteiger partial charge in [-0.05, 0) is 43.3 Å². The summed E-state index contributed by atoms with van der Waals surface area (Å²) in [6.45, 7) is 1.71. The molecular weight excluding hydrogens is 340 g/mol. The Morgan fingerprint density at radius 1 is 1.30 bits per heavy atom. The third kappa shape index (κ3) is 4.49. The van der Waals surface area contributed by atoms with Crippen molar-refractivity contribution in [3.05, 3.63) is 53.4 Å². The van der Waals surface area contributed by atoms with Crippen molar-refractivity contribution in [2.75, 3.05) is 10.6 Å². The monoisotopic (exact) mass is 356 g/mol. The second kappa shape index (κ2) is 7.06. The molecule has 2 rings (SSSR count). The molecule has 1 amide bonds. The Morgan fingerprint density at radius 2 is 1.96 bits per heavy atom. The van der Waals surface area contributed by atoms with Crippen LogP contribution in [0, 0.1) is 0 Å². The number of hydrogen-bond donors (Lipinski definition) is 1. The molecule has 0 aliphatic rings. The van der Waals surface area contributed by atoms with E-state index < -0.39 is 22.0 Å². The van der Waals surface area contributed by atoms with Crippen LogP contribution in [0.1, 0.15) is 12.7 Å². The van der Waals surface area contributed by atoms with Gasteiger partial charge in [-0.2, -0.15) is 0 Å². The molecule has 0 aliphatic heterocycles. The number of nitrogens with one attached hydrogen (secondary N) is 1. The average molecular weight is 357 g/mol. The summed E-state index contributed by atoms with van der Waals surface area (Å²) >= 11 is 5.82. The van der Waals surface area contributed by atoms with Gasteiger partial charge in [0.05, 0.1) is 24.8 Å². The first-order chi connectivity index (χ1) is 10.8. The van der Waals surface area contributed by atoms with Crippen molar-refractivity contribution in [2.24, 2.45) is 0 Å². The fourth-order valence-corrected chi connectivity index (χ4v) is 3.43. The van der Waals surface area contributed by atoms with E-state index >= 15 is 0 Å². The molecule has 0 radical (unpaired) electrons. The third-order valence-electron chi connectivity index (χ3n) is 3.19. The van der Waals surface area contributed by atoms with E-state index in [0.717, 1.165) is 10.6 Å². The van der Waals surface area contributed by atoms with E-state index in [4.69, 9.17) is 16.0 Å². The van der Waals surface area contributed by atoms with Gasteiger partial charge in [-0.3, -0.25) is 9.10 Å². The minimum absolute atomic E-state index is 0.189. The Balaban J connectivity index is 2.18. The van der Waals surface area contributed by atoms with Crippen molar-refractivity contribution in [2.45, 2.75) is 19.5 Å². The van der Waals surface area contributed by atoms with Gasteiger partial charge in [0.1, 0.15) is 11.8 Å². The quantitative estimate of drug-likeness (QED) is 0.861. The van der Waals surface area contributed by atoms with Gasteiger partial charge in [-0.15, -0.1) is 0 Å². The number of carbonyl (C=O) groups excluding carboxylic acids is 1. The van der Waals surface area contributed by atoms with Gasteiger partial charge in [0.2, 0.25) is 15.9 Å². The number of nitrogens with zero attached hydrogens (tertiary/aromatic N) is 1. The molecule has 0 spiro atoms. The van der Waals surface area contributed by atoms with Crippen LogP contribution >= 0.6 is 11.6 Å². The van der Waals surface area contributed by atoms with Crippen molar-refractivity contribution >= 4 is 33.2 Å². The first-order valence-electron chi connectivity index (χ1n) is 6.84. The molecule has 1 aromatic carbocycles. The van der Waals surface area contributed by atoms with Gasteiger partial charge < -0.3 is 9.73 Å². The minimum Gasteiger partial charge on any atom is -0.467 e. The lowest BCUT2D eigenvalue weighted by molar-refractivity contribution is -0.122. The maximum atomic E-state index is 12.3. The fraction of sp³-hybridized carbons (Fsp3) is 0.267. The first kappa shape index (κ1) is 17.4. The number of halogens is 1. The van der Waals surface area contributed by atoms with Crippen molar-refractivity contribution in [3.8, 4) is 0 Å². The molecule has 0 saturated heterocycles. The highest BCUT2D eigenvalue weighted by Crippen LogP contribution is 2.23. The van der Waals surface area contributed by atoms with Crippen LogP contribution in [0.4, 0.5) is 5.69 Å². The van der Waals surface area contributed by atoms with Gasteiger partial charge in [0.15, 0.2) is 0 Å². The standard InChI is InChI=1S/C15H17ClN2O4S/c1-11(15(19)17-10-14-4-3-9-22-14)18(23(2,20)21)13-7-5-12(16)6-8-13/h3-9,11H,10H2,1-2H3,(H,17,19)/t11-/m1/s1. The lowest BCUT2D eigenvalue weighted by atomic mass is 10.2. The highest BCUT2D eigenvalue weighted by Gasteiger charge is 2.29. The van der Waals surface area contributed by atoms with E-state index in [1.165, 1.54) is 13.2 Å². The maximum Gasteiger partial charge on any atom is 0.243 e. The Morgan fingerprint density at radius 3 is 2.48 bits per heavy atom. The van der Waals surface area contributed by atoms with E-state index in [1.807, 2.05) is 0 Å². The molecule has 0 fully saturated rings. The molecule has 0 unspecified atom stereocenters. The summed E-state index contributed by atoms with van der Waals surface area (Å²) in [5.41, 5.74) is 0.373. The van der Waals surface area contributed by atoms with E-state index in [9.17, 15) is 13.2 Å². The number of anilines is 1. The van der Waals surface area contributed by atoms with Gasteiger partial charge in [0.25, 0.3) is 0 Å². The third-order valence-corrected chi connectivity index (χ3v) is 4.68. The summed E-state index contributed by atoms with van der Waals surface area (Å²) in [7, 11) is -3.64. The molecule has 1 aromatic heterocycles. The average Bonchev–Trinajstić information content (AvgIpc) is 2.99. The van der Waals surface area contributed by atoms with Crippen molar-refractivity contribution in [1.29, 1.82) is 0 Å². The smallest absolute Gasteiger partial charge is 0.243 e. The number of hydrogen-bond acceptors (Lipinski definition) is 4. The molecule has 0 aliphatic carbocycles. The van der Waals surface area contributed by atoms with Crippen molar-refractivity contribution in [3.63, 3.8) is 0 Å². The topological polar surface area (TPSA) is 79.6 Å². The number of benzene rings is 1. The van der Waals surface area contributed by atoms with Gasteiger partial charge in [-0.25, -0.2) is 8.42 Å². The van der Waals surface area contributed by atoms with E-state index in [1.54, 1.807) is 36.4 Å². The van der Waals surface area contributed by atoms with E-state index in [2.05, 4.69) is 5.32 Å². The number of sulfonamides is 1. The molecule has 6 nitrogen and oxygen atoms in total. The molecule has 1 N–H and O–H groups in total. The van der Waals surface area contributed by atoms with Crippen LogP contribution in [0.25, 0.3) is 0 Å². The molecule has 1 heterocycles. The second-order valence-electron chi connectivity index (χ2n) is 5.01. The predicted molar refractivity (Wildman–Crippen MR) is 88.8 cm³/mol. The van der Waals surface area contributed by atoms with Crippen LogP contribution in [0.5, 0.6) is 0 Å². The first-order valence-corrected chi connectivity index (χ1v) is 9.07. The summed E-state index contributed by atoms with van der Waals surface area (Å²) in [6, 6.07) is 8.77. The number of furan rings is 1. The Labute approximate surface area is 140 Å². The minimum atomic E-state index is -3.64. The lowest BCUT2D eigenvalue weighted by Gasteiger charge is -2.28. The number of amides is 1. The molecular formula is C15H17ClN2O4S. The van der Waals surface area contributed by atoms with Crippen molar-refractivity contribution in [1.82, 2.24) is 5.32 Å². The Hall–Kier alpha value is -1.99. The van der Waals surface area contributed by atoms with Gasteiger partial charge in [-0.1, -0.05) is 11.6 Å². The molecule has 8 heteroatoms. The molecule has 1 atom stereocenters. The number of carbonyl (C=O) groups is 1. The van der Waals surface area contributed by atoms with Gasteiger partial charge in [0, 0.05) is 5.02 Å². The normalized spacial score (nSPS) is 12.7.